The van der Waals surface area contributed by atoms with E-state index in [-0.39, 0.29) is 12.3 Å². The van der Waals surface area contributed by atoms with Crippen LogP contribution in [-0.4, -0.2) is 40.5 Å². The summed E-state index contributed by atoms with van der Waals surface area (Å²) in [4.78, 5) is 45.8. The first-order valence-electron chi connectivity index (χ1n) is 9.10. The van der Waals surface area contributed by atoms with Gasteiger partial charge in [0.2, 0.25) is 0 Å². The normalized spacial score (nSPS) is 13.9. The zero-order chi connectivity index (χ0) is 20.1. The fourth-order valence-electron chi connectivity index (χ4n) is 2.97. The van der Waals surface area contributed by atoms with Gasteiger partial charge >= 0.3 is 11.9 Å². The fraction of sp³-hybridized carbons (Fsp3) is 0.421. The van der Waals surface area contributed by atoms with Crippen LogP contribution in [0.25, 0.3) is 0 Å². The molecular formula is C19H21N3O5S. The molecular weight excluding hydrogens is 382 g/mol. The number of amides is 1. The van der Waals surface area contributed by atoms with Crippen molar-refractivity contribution in [2.24, 2.45) is 0 Å². The van der Waals surface area contributed by atoms with Gasteiger partial charge in [-0.15, -0.1) is 11.3 Å². The standard InChI is InChI=1S/C19H21N3O5S/c1-3-26-19(25)15-12-6-4-5-7-14(12)28-17(15)22-16(23)11(2)27-18(24)13-10-20-8-9-21-13/h8-11H,3-7H2,1-2H3,(H,22,23)/t11-/m1/s1. The molecule has 0 spiro atoms. The topological polar surface area (TPSA) is 107 Å². The number of ether oxygens (including phenoxy) is 2. The third kappa shape index (κ3) is 4.36. The van der Waals surface area contributed by atoms with Crippen molar-refractivity contribution >= 4 is 34.2 Å². The summed E-state index contributed by atoms with van der Waals surface area (Å²) in [5.41, 5.74) is 1.39. The first-order chi connectivity index (χ1) is 13.5. The number of esters is 2. The summed E-state index contributed by atoms with van der Waals surface area (Å²) in [7, 11) is 0. The average molecular weight is 403 g/mol. The SMILES string of the molecule is CCOC(=O)c1c(NC(=O)[C@@H](C)OC(=O)c2cnccn2)sc2c1CCCC2. The van der Waals surface area contributed by atoms with Gasteiger partial charge in [-0.05, 0) is 45.1 Å². The lowest BCUT2D eigenvalue weighted by atomic mass is 9.95. The molecule has 0 aliphatic heterocycles. The van der Waals surface area contributed by atoms with Gasteiger partial charge in [-0.2, -0.15) is 0 Å². The number of hydrogen-bond acceptors (Lipinski definition) is 8. The van der Waals surface area contributed by atoms with Crippen molar-refractivity contribution in [3.05, 3.63) is 40.3 Å². The van der Waals surface area contributed by atoms with Gasteiger partial charge in [-0.1, -0.05) is 0 Å². The second-order valence-electron chi connectivity index (χ2n) is 6.26. The van der Waals surface area contributed by atoms with Crippen molar-refractivity contribution in [1.29, 1.82) is 0 Å². The van der Waals surface area contributed by atoms with E-state index in [1.807, 2.05) is 0 Å². The summed E-state index contributed by atoms with van der Waals surface area (Å²) in [5, 5.41) is 3.17. The summed E-state index contributed by atoms with van der Waals surface area (Å²) >= 11 is 1.38. The quantitative estimate of drug-likeness (QED) is 0.739. The van der Waals surface area contributed by atoms with Gasteiger partial charge < -0.3 is 14.8 Å². The van der Waals surface area contributed by atoms with Crippen molar-refractivity contribution in [3.63, 3.8) is 0 Å². The summed E-state index contributed by atoms with van der Waals surface area (Å²) in [5.74, 6) is -1.71. The third-order valence-electron chi connectivity index (χ3n) is 4.31. The minimum absolute atomic E-state index is 0.0148. The molecule has 1 aliphatic carbocycles. The Kier molecular flexibility index (Phi) is 6.35. The van der Waals surface area contributed by atoms with Crippen LogP contribution < -0.4 is 5.32 Å². The zero-order valence-electron chi connectivity index (χ0n) is 15.7. The van der Waals surface area contributed by atoms with Gasteiger partial charge in [0.15, 0.2) is 11.8 Å². The van der Waals surface area contributed by atoms with Crippen LogP contribution in [0.15, 0.2) is 18.6 Å². The molecule has 1 amide bonds. The molecule has 148 valence electrons. The number of aryl methyl sites for hydroxylation is 1. The Balaban J connectivity index is 1.75. The number of carbonyl (C=O) groups excluding carboxylic acids is 3. The molecule has 8 nitrogen and oxygen atoms in total. The summed E-state index contributed by atoms with van der Waals surface area (Å²) in [6, 6.07) is 0. The van der Waals surface area contributed by atoms with E-state index < -0.39 is 23.9 Å². The summed E-state index contributed by atoms with van der Waals surface area (Å²) in [6.07, 6.45) is 6.70. The average Bonchev–Trinajstić information content (AvgIpc) is 3.06. The molecule has 3 rings (SSSR count). The minimum Gasteiger partial charge on any atom is -0.462 e. The molecule has 9 heteroatoms. The Bertz CT molecular complexity index is 881. The second-order valence-corrected chi connectivity index (χ2v) is 7.37. The van der Waals surface area contributed by atoms with Crippen LogP contribution >= 0.6 is 11.3 Å². The number of aromatic nitrogens is 2. The van der Waals surface area contributed by atoms with E-state index in [1.165, 1.54) is 36.9 Å². The van der Waals surface area contributed by atoms with Crippen LogP contribution in [0.2, 0.25) is 0 Å². The molecule has 0 saturated heterocycles. The van der Waals surface area contributed by atoms with E-state index in [4.69, 9.17) is 9.47 Å². The highest BCUT2D eigenvalue weighted by molar-refractivity contribution is 7.17. The lowest BCUT2D eigenvalue weighted by molar-refractivity contribution is -0.123. The molecule has 0 saturated carbocycles. The molecule has 1 N–H and O–H groups in total. The smallest absolute Gasteiger partial charge is 0.359 e. The maximum atomic E-state index is 12.6. The molecule has 2 heterocycles. The Morgan fingerprint density at radius 3 is 2.71 bits per heavy atom. The highest BCUT2D eigenvalue weighted by Gasteiger charge is 2.29. The molecule has 28 heavy (non-hydrogen) atoms. The number of fused-ring (bicyclic) bond motifs is 1. The molecule has 2 aromatic rings. The van der Waals surface area contributed by atoms with Crippen molar-refractivity contribution in [2.45, 2.75) is 45.6 Å². The molecule has 1 aliphatic rings. The van der Waals surface area contributed by atoms with Crippen LogP contribution in [0.4, 0.5) is 5.00 Å². The van der Waals surface area contributed by atoms with Gasteiger partial charge in [0.25, 0.3) is 5.91 Å². The molecule has 0 fully saturated rings. The Morgan fingerprint density at radius 1 is 1.21 bits per heavy atom. The number of hydrogen-bond donors (Lipinski definition) is 1. The Hall–Kier alpha value is -2.81. The van der Waals surface area contributed by atoms with Crippen LogP contribution in [-0.2, 0) is 27.1 Å². The lowest BCUT2D eigenvalue weighted by Crippen LogP contribution is -2.30. The van der Waals surface area contributed by atoms with Gasteiger partial charge in [0.05, 0.1) is 18.4 Å². The number of rotatable bonds is 6. The van der Waals surface area contributed by atoms with Gasteiger partial charge in [-0.25, -0.2) is 14.6 Å². The van der Waals surface area contributed by atoms with Crippen LogP contribution in [0.1, 0.15) is 58.0 Å². The monoisotopic (exact) mass is 403 g/mol. The van der Waals surface area contributed by atoms with Gasteiger partial charge in [-0.3, -0.25) is 9.78 Å². The highest BCUT2D eigenvalue weighted by atomic mass is 32.1. The number of anilines is 1. The third-order valence-corrected chi connectivity index (χ3v) is 5.52. The van der Waals surface area contributed by atoms with Crippen molar-refractivity contribution in [1.82, 2.24) is 9.97 Å². The second kappa shape index (κ2) is 8.92. The van der Waals surface area contributed by atoms with E-state index in [2.05, 4.69) is 15.3 Å². The van der Waals surface area contributed by atoms with Crippen molar-refractivity contribution in [3.8, 4) is 0 Å². The highest BCUT2D eigenvalue weighted by Crippen LogP contribution is 2.38. The largest absolute Gasteiger partial charge is 0.462 e. The van der Waals surface area contributed by atoms with E-state index >= 15 is 0 Å². The van der Waals surface area contributed by atoms with Crippen molar-refractivity contribution < 1.29 is 23.9 Å². The molecule has 0 aromatic carbocycles. The zero-order valence-corrected chi connectivity index (χ0v) is 16.5. The molecule has 0 bridgehead atoms. The lowest BCUT2D eigenvalue weighted by Gasteiger charge is -2.14. The molecule has 0 unspecified atom stereocenters. The fourth-order valence-corrected chi connectivity index (χ4v) is 4.25. The predicted octanol–water partition coefficient (Wildman–Crippen LogP) is 2.78. The number of nitrogens with zero attached hydrogens (tertiary/aromatic N) is 2. The maximum Gasteiger partial charge on any atom is 0.359 e. The number of nitrogens with one attached hydrogen (secondary N) is 1. The molecule has 0 radical (unpaired) electrons. The van der Waals surface area contributed by atoms with E-state index in [0.717, 1.165) is 36.1 Å². The Morgan fingerprint density at radius 2 is 2.00 bits per heavy atom. The number of carbonyl (C=O) groups is 3. The first-order valence-corrected chi connectivity index (χ1v) is 9.92. The van der Waals surface area contributed by atoms with E-state index in [9.17, 15) is 14.4 Å². The molecule has 2 aromatic heterocycles. The van der Waals surface area contributed by atoms with Gasteiger partial charge in [0, 0.05) is 17.3 Å². The predicted molar refractivity (Wildman–Crippen MR) is 102 cm³/mol. The first kappa shape index (κ1) is 19.9. The Labute approximate surface area is 166 Å². The summed E-state index contributed by atoms with van der Waals surface area (Å²) in [6.45, 7) is 3.45. The minimum atomic E-state index is -1.07. The summed E-state index contributed by atoms with van der Waals surface area (Å²) < 4.78 is 10.3. The van der Waals surface area contributed by atoms with E-state index in [0.29, 0.717) is 10.6 Å². The van der Waals surface area contributed by atoms with Crippen LogP contribution in [0, 0.1) is 0 Å². The number of thiophene rings is 1. The van der Waals surface area contributed by atoms with Crippen LogP contribution in [0.5, 0.6) is 0 Å². The maximum absolute atomic E-state index is 12.6. The van der Waals surface area contributed by atoms with Crippen molar-refractivity contribution in [2.75, 3.05) is 11.9 Å². The van der Waals surface area contributed by atoms with E-state index in [1.54, 1.807) is 6.92 Å². The molecule has 1 atom stereocenters. The van der Waals surface area contributed by atoms with Gasteiger partial charge in [0.1, 0.15) is 5.00 Å². The van der Waals surface area contributed by atoms with Crippen LogP contribution in [0.3, 0.4) is 0 Å².